The molecule has 0 spiro atoms. The highest BCUT2D eigenvalue weighted by Gasteiger charge is 2.16. The minimum atomic E-state index is -0.302. The lowest BCUT2D eigenvalue weighted by Crippen LogP contribution is -2.27. The van der Waals surface area contributed by atoms with Crippen LogP contribution in [0.15, 0.2) is 53.3 Å². The number of fused-ring (bicyclic) bond motifs is 1. The molecular weight excluding hydrogens is 338 g/mol. The van der Waals surface area contributed by atoms with Crippen molar-refractivity contribution in [1.29, 1.82) is 0 Å². The Bertz CT molecular complexity index is 1010. The number of unbranched alkanes of at least 4 members (excludes halogenated alkanes) is 2. The number of hydrogen-bond donors (Lipinski definition) is 1. The van der Waals surface area contributed by atoms with Crippen molar-refractivity contribution in [3.05, 3.63) is 70.1 Å². The number of hydrogen-bond acceptors (Lipinski definition) is 3. The van der Waals surface area contributed by atoms with Crippen LogP contribution < -0.4 is 10.9 Å². The van der Waals surface area contributed by atoms with Gasteiger partial charge in [-0.05, 0) is 36.6 Å². The van der Waals surface area contributed by atoms with Gasteiger partial charge in [0, 0.05) is 17.6 Å². The van der Waals surface area contributed by atoms with E-state index in [0.717, 1.165) is 36.9 Å². The van der Waals surface area contributed by atoms with Crippen molar-refractivity contribution in [3.63, 3.8) is 0 Å². The van der Waals surface area contributed by atoms with Crippen LogP contribution in [0.25, 0.3) is 10.8 Å². The van der Waals surface area contributed by atoms with Gasteiger partial charge in [-0.2, -0.15) is 5.10 Å². The number of rotatable bonds is 7. The van der Waals surface area contributed by atoms with Crippen molar-refractivity contribution in [1.82, 2.24) is 9.78 Å². The van der Waals surface area contributed by atoms with E-state index in [-0.39, 0.29) is 17.2 Å². The molecule has 0 saturated carbocycles. The molecule has 0 aliphatic heterocycles. The third-order valence-electron chi connectivity index (χ3n) is 4.65. The standard InChI is InChI=1S/C22H25N3O2/c1-3-5-8-14-25-22(27)19-13-7-6-12-18(19)20(24-25)21(26)23-17-11-9-10-16(4-2)15-17/h6-7,9-13,15H,3-5,8,14H2,1-2H3,(H,23,26). The summed E-state index contributed by atoms with van der Waals surface area (Å²) < 4.78 is 1.43. The van der Waals surface area contributed by atoms with Crippen LogP contribution in [0.2, 0.25) is 0 Å². The molecule has 0 atom stereocenters. The maximum atomic E-state index is 12.9. The molecule has 5 nitrogen and oxygen atoms in total. The van der Waals surface area contributed by atoms with Crippen molar-refractivity contribution in [2.24, 2.45) is 0 Å². The first-order chi connectivity index (χ1) is 13.1. The minimum absolute atomic E-state index is 0.147. The van der Waals surface area contributed by atoms with Crippen LogP contribution in [0.3, 0.4) is 0 Å². The molecular formula is C22H25N3O2. The third-order valence-corrected chi connectivity index (χ3v) is 4.65. The van der Waals surface area contributed by atoms with Crippen LogP contribution in [0, 0.1) is 0 Å². The van der Waals surface area contributed by atoms with Gasteiger partial charge in [0.05, 0.1) is 5.39 Å². The predicted molar refractivity (Wildman–Crippen MR) is 109 cm³/mol. The number of aryl methyl sites for hydroxylation is 2. The Morgan fingerprint density at radius 2 is 1.81 bits per heavy atom. The number of carbonyl (C=O) groups excluding carboxylic acids is 1. The van der Waals surface area contributed by atoms with E-state index in [1.165, 1.54) is 4.68 Å². The summed E-state index contributed by atoms with van der Waals surface area (Å²) in [4.78, 5) is 25.6. The van der Waals surface area contributed by atoms with Crippen LogP contribution >= 0.6 is 0 Å². The topological polar surface area (TPSA) is 64.0 Å². The lowest BCUT2D eigenvalue weighted by atomic mass is 10.1. The maximum Gasteiger partial charge on any atom is 0.276 e. The van der Waals surface area contributed by atoms with Gasteiger partial charge in [0.1, 0.15) is 0 Å². The first-order valence-corrected chi connectivity index (χ1v) is 9.54. The molecule has 0 unspecified atom stereocenters. The molecule has 0 bridgehead atoms. The SMILES string of the molecule is CCCCCn1nc(C(=O)Nc2cccc(CC)c2)c2ccccc2c1=O. The summed E-state index contributed by atoms with van der Waals surface area (Å²) in [5, 5.41) is 8.43. The molecule has 1 N–H and O–H groups in total. The van der Waals surface area contributed by atoms with Gasteiger partial charge in [-0.25, -0.2) is 4.68 Å². The maximum absolute atomic E-state index is 12.9. The van der Waals surface area contributed by atoms with Crippen LogP contribution in [-0.4, -0.2) is 15.7 Å². The Morgan fingerprint density at radius 1 is 1.04 bits per heavy atom. The molecule has 27 heavy (non-hydrogen) atoms. The van der Waals surface area contributed by atoms with E-state index in [0.29, 0.717) is 17.3 Å². The largest absolute Gasteiger partial charge is 0.321 e. The molecule has 3 rings (SSSR count). The van der Waals surface area contributed by atoms with E-state index in [2.05, 4.69) is 24.3 Å². The van der Waals surface area contributed by atoms with Gasteiger partial charge < -0.3 is 5.32 Å². The Kier molecular flexibility index (Phi) is 6.01. The fraction of sp³-hybridized carbons (Fsp3) is 0.318. The molecule has 3 aromatic rings. The van der Waals surface area contributed by atoms with Gasteiger partial charge in [-0.1, -0.05) is 57.0 Å². The van der Waals surface area contributed by atoms with E-state index < -0.39 is 0 Å². The summed E-state index contributed by atoms with van der Waals surface area (Å²) in [7, 11) is 0. The van der Waals surface area contributed by atoms with E-state index in [1.807, 2.05) is 36.4 Å². The van der Waals surface area contributed by atoms with Gasteiger partial charge in [0.2, 0.25) is 0 Å². The van der Waals surface area contributed by atoms with Crippen molar-refractivity contribution in [2.45, 2.75) is 46.1 Å². The van der Waals surface area contributed by atoms with E-state index in [9.17, 15) is 9.59 Å². The second kappa shape index (κ2) is 8.62. The molecule has 1 heterocycles. The van der Waals surface area contributed by atoms with Gasteiger partial charge in [0.15, 0.2) is 5.69 Å². The van der Waals surface area contributed by atoms with Crippen LogP contribution in [0.4, 0.5) is 5.69 Å². The zero-order chi connectivity index (χ0) is 19.2. The van der Waals surface area contributed by atoms with Gasteiger partial charge in [0.25, 0.3) is 11.5 Å². The van der Waals surface area contributed by atoms with Crippen LogP contribution in [0.1, 0.15) is 49.2 Å². The first kappa shape index (κ1) is 18.8. The number of amides is 1. The summed E-state index contributed by atoms with van der Waals surface area (Å²) in [6.45, 7) is 4.70. The summed E-state index contributed by atoms with van der Waals surface area (Å²) in [6, 6.07) is 14.9. The Balaban J connectivity index is 1.99. The predicted octanol–water partition coefficient (Wildman–Crippen LogP) is 4.40. The van der Waals surface area contributed by atoms with Gasteiger partial charge >= 0.3 is 0 Å². The highest BCUT2D eigenvalue weighted by Crippen LogP contribution is 2.17. The van der Waals surface area contributed by atoms with Crippen LogP contribution in [0.5, 0.6) is 0 Å². The number of nitrogens with zero attached hydrogens (tertiary/aromatic N) is 2. The number of nitrogens with one attached hydrogen (secondary N) is 1. The average Bonchev–Trinajstić information content (AvgIpc) is 2.70. The second-order valence-electron chi connectivity index (χ2n) is 6.64. The fourth-order valence-electron chi connectivity index (χ4n) is 3.13. The van der Waals surface area contributed by atoms with E-state index in [1.54, 1.807) is 12.1 Å². The highest BCUT2D eigenvalue weighted by molar-refractivity contribution is 6.11. The van der Waals surface area contributed by atoms with E-state index in [4.69, 9.17) is 0 Å². The zero-order valence-electron chi connectivity index (χ0n) is 15.9. The van der Waals surface area contributed by atoms with Crippen molar-refractivity contribution in [3.8, 4) is 0 Å². The van der Waals surface area contributed by atoms with Crippen molar-refractivity contribution >= 4 is 22.4 Å². The normalized spacial score (nSPS) is 10.9. The Labute approximate surface area is 159 Å². The van der Waals surface area contributed by atoms with Gasteiger partial charge in [-0.3, -0.25) is 9.59 Å². The molecule has 5 heteroatoms. The average molecular weight is 363 g/mol. The zero-order valence-corrected chi connectivity index (χ0v) is 15.9. The molecule has 0 radical (unpaired) electrons. The molecule has 0 fully saturated rings. The molecule has 0 aliphatic rings. The quantitative estimate of drug-likeness (QED) is 0.633. The van der Waals surface area contributed by atoms with Gasteiger partial charge in [-0.15, -0.1) is 0 Å². The number of benzene rings is 2. The highest BCUT2D eigenvalue weighted by atomic mass is 16.2. The molecule has 2 aromatic carbocycles. The lowest BCUT2D eigenvalue weighted by Gasteiger charge is -2.11. The Hall–Kier alpha value is -2.95. The number of aromatic nitrogens is 2. The second-order valence-corrected chi connectivity index (χ2v) is 6.64. The monoisotopic (exact) mass is 363 g/mol. The minimum Gasteiger partial charge on any atom is -0.321 e. The summed E-state index contributed by atoms with van der Waals surface area (Å²) in [5.41, 5.74) is 2.01. The summed E-state index contributed by atoms with van der Waals surface area (Å²) >= 11 is 0. The molecule has 1 amide bonds. The van der Waals surface area contributed by atoms with Crippen molar-refractivity contribution in [2.75, 3.05) is 5.32 Å². The Morgan fingerprint density at radius 3 is 2.56 bits per heavy atom. The van der Waals surface area contributed by atoms with E-state index >= 15 is 0 Å². The molecule has 1 aromatic heterocycles. The summed E-state index contributed by atoms with van der Waals surface area (Å²) in [5.74, 6) is -0.302. The smallest absolute Gasteiger partial charge is 0.276 e. The number of carbonyl (C=O) groups is 1. The summed E-state index contributed by atoms with van der Waals surface area (Å²) in [6.07, 6.45) is 3.84. The molecule has 0 saturated heterocycles. The number of anilines is 1. The van der Waals surface area contributed by atoms with Crippen LogP contribution in [-0.2, 0) is 13.0 Å². The fourth-order valence-corrected chi connectivity index (χ4v) is 3.13. The lowest BCUT2D eigenvalue weighted by molar-refractivity contribution is 0.102. The molecule has 140 valence electrons. The first-order valence-electron chi connectivity index (χ1n) is 9.54. The molecule has 0 aliphatic carbocycles. The third kappa shape index (κ3) is 4.25. The van der Waals surface area contributed by atoms with Crippen molar-refractivity contribution < 1.29 is 4.79 Å².